The smallest absolute Gasteiger partial charge is 1.00 e. The maximum atomic E-state index is 4.76. The number of aromatic nitrogens is 1. The molecule has 1 saturated carbocycles. The maximum Gasteiger partial charge on any atom is 1.00 e. The van der Waals surface area contributed by atoms with Crippen LogP contribution in [0.15, 0.2) is 24.5 Å². The van der Waals surface area contributed by atoms with E-state index in [1.54, 1.807) is 12.4 Å². The van der Waals surface area contributed by atoms with Gasteiger partial charge in [-0.1, -0.05) is 128 Å². The summed E-state index contributed by atoms with van der Waals surface area (Å²) in [6, 6.07) is 3.72. The molecule has 1 aromatic rings. The maximum absolute atomic E-state index is 4.76. The molecule has 8 heteroatoms. The Morgan fingerprint density at radius 3 is 0.976 bits per heavy atom. The van der Waals surface area contributed by atoms with Gasteiger partial charge < -0.3 is 10.6 Å². The summed E-state index contributed by atoms with van der Waals surface area (Å²) in [5.74, 6) is 0. The number of halogens is 2. The Hall–Kier alpha value is 1.36. The van der Waals surface area contributed by atoms with Crippen LogP contribution in [0.3, 0.4) is 0 Å². The van der Waals surface area contributed by atoms with Crippen LogP contribution in [0.5, 0.6) is 0 Å². The van der Waals surface area contributed by atoms with Crippen LogP contribution < -0.4 is 18.9 Å². The van der Waals surface area contributed by atoms with Crippen molar-refractivity contribution in [1.29, 1.82) is 0 Å². The zero-order chi connectivity index (χ0) is 32.6. The predicted octanol–water partition coefficient (Wildman–Crippen LogP) is 9.46. The second kappa shape index (κ2) is 22.0. The van der Waals surface area contributed by atoms with E-state index < -0.39 is 0 Å². The number of piperidine rings is 2. The first-order chi connectivity index (χ1) is 18.6. The molecule has 0 N–H and O–H groups in total. The molecule has 2 saturated heterocycles. The van der Waals surface area contributed by atoms with Crippen LogP contribution >= 0.6 is 19.4 Å². The molecule has 0 unspecified atom stereocenters. The minimum absolute atomic E-state index is 0. The summed E-state index contributed by atoms with van der Waals surface area (Å²) in [5, 5.41) is 9.49. The summed E-state index contributed by atoms with van der Waals surface area (Å²) in [4.78, 5) is 3.81. The van der Waals surface area contributed by atoms with Gasteiger partial charge in [-0.25, -0.2) is 0 Å². The Balaban J connectivity index is -0.000000463. The SMILES string of the molecule is CC1(C)CCCC(C)(C)C1.CC1(C)CCCC(C)(C)[N-]1.CC1(C)CCCC(C)(C)[N-]1.[CH2-]c1ccncc1.[Cl][Zn+].[Cl][Zn+].[Li+]. The third-order valence-electron chi connectivity index (χ3n) is 7.78. The van der Waals surface area contributed by atoms with Crippen molar-refractivity contribution in [3.8, 4) is 0 Å². The molecule has 4 rings (SSSR count). The molecule has 232 valence electrons. The van der Waals surface area contributed by atoms with E-state index in [1.807, 2.05) is 12.1 Å². The molecule has 0 atom stereocenters. The van der Waals surface area contributed by atoms with Crippen molar-refractivity contribution in [3.63, 3.8) is 0 Å². The van der Waals surface area contributed by atoms with E-state index >= 15 is 0 Å². The van der Waals surface area contributed by atoms with E-state index in [0.717, 1.165) is 40.2 Å². The van der Waals surface area contributed by atoms with Gasteiger partial charge in [-0.15, -0.1) is 34.3 Å². The van der Waals surface area contributed by atoms with E-state index in [-0.39, 0.29) is 41.0 Å². The molecule has 2 aliphatic heterocycles. The summed E-state index contributed by atoms with van der Waals surface area (Å²) in [6.07, 6.45) is 16.9. The summed E-state index contributed by atoms with van der Waals surface area (Å²) in [7, 11) is 9.53. The monoisotopic (exact) mass is 717 g/mol. The molecule has 42 heavy (non-hydrogen) atoms. The van der Waals surface area contributed by atoms with E-state index in [4.69, 9.17) is 30.0 Å². The third-order valence-corrected chi connectivity index (χ3v) is 7.78. The fourth-order valence-corrected chi connectivity index (χ4v) is 6.67. The minimum Gasteiger partial charge on any atom is 1.00 e. The molecule has 3 aliphatic rings. The average molecular weight is 722 g/mol. The van der Waals surface area contributed by atoms with E-state index in [1.165, 1.54) is 64.2 Å². The van der Waals surface area contributed by atoms with Gasteiger partial charge >= 0.3 is 72.9 Å². The van der Waals surface area contributed by atoms with E-state index in [0.29, 0.717) is 10.8 Å². The van der Waals surface area contributed by atoms with Crippen molar-refractivity contribution < 1.29 is 53.5 Å². The molecule has 1 aromatic heterocycles. The van der Waals surface area contributed by atoms with Crippen LogP contribution in [0.4, 0.5) is 0 Å². The van der Waals surface area contributed by atoms with Crippen molar-refractivity contribution in [2.24, 2.45) is 10.8 Å². The summed E-state index contributed by atoms with van der Waals surface area (Å²) >= 11 is 1.69. The van der Waals surface area contributed by atoms with Crippen LogP contribution in [-0.4, -0.2) is 27.1 Å². The molecule has 3 fully saturated rings. The Morgan fingerprint density at radius 2 is 0.833 bits per heavy atom. The number of nitrogens with zero attached hydrogens (tertiary/aromatic N) is 3. The van der Waals surface area contributed by atoms with Crippen LogP contribution in [-0.2, 0) is 34.6 Å². The molecular weight excluding hydrogens is 659 g/mol. The topological polar surface area (TPSA) is 41.1 Å². The summed E-state index contributed by atoms with van der Waals surface area (Å²) in [6.45, 7) is 31.1. The van der Waals surface area contributed by atoms with Gasteiger partial charge in [0.05, 0.1) is 0 Å². The van der Waals surface area contributed by atoms with Gasteiger partial charge in [0.1, 0.15) is 0 Å². The quantitative estimate of drug-likeness (QED) is 0.195. The second-order valence-electron chi connectivity index (χ2n) is 15.9. The van der Waals surface area contributed by atoms with E-state index in [9.17, 15) is 0 Å². The zero-order valence-corrected chi connectivity index (χ0v) is 37.5. The van der Waals surface area contributed by atoms with Gasteiger partial charge in [0.2, 0.25) is 0 Å². The first kappa shape index (κ1) is 47.8. The first-order valence-corrected chi connectivity index (χ1v) is 23.2. The molecule has 0 bridgehead atoms. The molecule has 1 aliphatic carbocycles. The predicted molar refractivity (Wildman–Crippen MR) is 177 cm³/mol. The Bertz CT molecular complexity index is 683. The minimum atomic E-state index is 0. The van der Waals surface area contributed by atoms with Gasteiger partial charge in [0.15, 0.2) is 0 Å². The van der Waals surface area contributed by atoms with Crippen molar-refractivity contribution in [3.05, 3.63) is 47.6 Å². The van der Waals surface area contributed by atoms with Crippen molar-refractivity contribution in [2.45, 2.75) is 169 Å². The van der Waals surface area contributed by atoms with Crippen LogP contribution in [0, 0.1) is 17.8 Å². The van der Waals surface area contributed by atoms with Crippen LogP contribution in [0.1, 0.15) is 153 Å². The van der Waals surface area contributed by atoms with Crippen molar-refractivity contribution >= 4 is 19.4 Å². The Kier molecular flexibility index (Phi) is 25.1. The van der Waals surface area contributed by atoms with E-state index in [2.05, 4.69) is 95.0 Å². The van der Waals surface area contributed by atoms with Crippen molar-refractivity contribution in [2.75, 3.05) is 0 Å². The summed E-state index contributed by atoms with van der Waals surface area (Å²) < 4.78 is 0. The molecule has 0 aromatic carbocycles. The van der Waals surface area contributed by atoms with Gasteiger partial charge in [0.25, 0.3) is 0 Å². The van der Waals surface area contributed by atoms with Gasteiger partial charge in [-0.2, -0.15) is 12.5 Å². The fraction of sp³-hybridized carbons (Fsp3) is 0.824. The van der Waals surface area contributed by atoms with Gasteiger partial charge in [0, 0.05) is 0 Å². The number of pyridine rings is 1. The molecular formula is C34H62Cl2LiN3Zn2. The summed E-state index contributed by atoms with van der Waals surface area (Å²) in [5.41, 5.74) is 3.19. The van der Waals surface area contributed by atoms with Crippen LogP contribution in [0.25, 0.3) is 10.6 Å². The van der Waals surface area contributed by atoms with Gasteiger partial charge in [-0.3, -0.25) is 4.98 Å². The average Bonchev–Trinajstić information content (AvgIpc) is 2.79. The second-order valence-corrected chi connectivity index (χ2v) is 15.9. The first-order valence-electron chi connectivity index (χ1n) is 15.4. The molecule has 3 heterocycles. The number of rotatable bonds is 0. The number of hydrogen-bond acceptors (Lipinski definition) is 1. The molecule has 0 amide bonds. The molecule has 0 radical (unpaired) electrons. The van der Waals surface area contributed by atoms with Crippen LogP contribution in [0.2, 0.25) is 0 Å². The molecule has 0 spiro atoms. The standard InChI is InChI=1S/C10H20.2C9H18N.C6H6N.2ClH.Li.2Zn/c1-9(2)6-5-7-10(3,4)8-9;2*1-8(2)6-5-7-9(3,4)10-8;1-6-2-4-7-5-3-6;;;;;/h5-8H2,1-4H3;2*5-7H2,1-4H3;2-5H,1H2;2*1H;;;/q;3*-1;;;+1;2*+2/p-2. The Labute approximate surface area is 303 Å². The largest absolute Gasteiger partial charge is 1.00 e. The number of hydrogen-bond donors (Lipinski definition) is 0. The Morgan fingerprint density at radius 1 is 0.571 bits per heavy atom. The third kappa shape index (κ3) is 25.5. The molecule has 3 nitrogen and oxygen atoms in total. The normalized spacial score (nSPS) is 23.2. The van der Waals surface area contributed by atoms with Crippen molar-refractivity contribution in [1.82, 2.24) is 4.98 Å². The fourth-order valence-electron chi connectivity index (χ4n) is 6.67. The van der Waals surface area contributed by atoms with Gasteiger partial charge in [-0.05, 0) is 42.5 Å². The zero-order valence-electron chi connectivity index (χ0n) is 30.1.